The highest BCUT2D eigenvalue weighted by atomic mass is 35.5. The van der Waals surface area contributed by atoms with Gasteiger partial charge >= 0.3 is 0 Å². The molecule has 1 saturated heterocycles. The largest absolute Gasteiger partial charge is 0.341 e. The number of piperidine rings is 1. The van der Waals surface area contributed by atoms with E-state index in [1.54, 1.807) is 6.20 Å². The molecule has 3 N–H and O–H groups in total. The number of H-pyrrole nitrogens is 1. The van der Waals surface area contributed by atoms with E-state index in [-0.39, 0.29) is 5.41 Å². The monoisotopic (exact) mass is 445 g/mol. The van der Waals surface area contributed by atoms with Crippen LogP contribution in [-0.4, -0.2) is 45.8 Å². The van der Waals surface area contributed by atoms with Gasteiger partial charge in [-0.25, -0.2) is 4.98 Å². The van der Waals surface area contributed by atoms with E-state index in [0.717, 1.165) is 25.1 Å². The van der Waals surface area contributed by atoms with Crippen LogP contribution in [0.5, 0.6) is 0 Å². The molecule has 1 saturated carbocycles. The minimum Gasteiger partial charge on any atom is -0.341 e. The van der Waals surface area contributed by atoms with Gasteiger partial charge in [0.1, 0.15) is 5.02 Å². The summed E-state index contributed by atoms with van der Waals surface area (Å²) in [4.78, 5) is 11.5. The number of halogens is 1. The molecule has 1 spiro atoms. The highest BCUT2D eigenvalue weighted by Crippen LogP contribution is 2.50. The Kier molecular flexibility index (Phi) is 6.19. The zero-order valence-corrected chi connectivity index (χ0v) is 20.2. The van der Waals surface area contributed by atoms with E-state index < -0.39 is 0 Å². The van der Waals surface area contributed by atoms with Crippen LogP contribution in [0.15, 0.2) is 12.3 Å². The Morgan fingerprint density at radius 2 is 1.97 bits per heavy atom. The van der Waals surface area contributed by atoms with E-state index in [1.165, 1.54) is 25.7 Å². The van der Waals surface area contributed by atoms with Gasteiger partial charge in [-0.2, -0.15) is 10.1 Å². The molecule has 1 aliphatic carbocycles. The van der Waals surface area contributed by atoms with Gasteiger partial charge in [0, 0.05) is 30.9 Å². The summed E-state index contributed by atoms with van der Waals surface area (Å²) in [5.74, 6) is 1.99. The third kappa shape index (κ3) is 4.67. The summed E-state index contributed by atoms with van der Waals surface area (Å²) in [6, 6.07) is 2.95. The van der Waals surface area contributed by atoms with Gasteiger partial charge in [0.2, 0.25) is 5.95 Å². The van der Waals surface area contributed by atoms with E-state index in [9.17, 15) is 0 Å². The molecule has 0 radical (unpaired) electrons. The van der Waals surface area contributed by atoms with Gasteiger partial charge in [-0.05, 0) is 62.8 Å². The molecule has 0 amide bonds. The molecule has 3 heterocycles. The lowest BCUT2D eigenvalue weighted by atomic mass is 9.58. The lowest BCUT2D eigenvalue weighted by Gasteiger charge is -2.54. The van der Waals surface area contributed by atoms with Crippen LogP contribution in [0.3, 0.4) is 0 Å². The van der Waals surface area contributed by atoms with E-state index in [2.05, 4.69) is 58.5 Å². The highest BCUT2D eigenvalue weighted by molar-refractivity contribution is 6.32. The van der Waals surface area contributed by atoms with Gasteiger partial charge in [0.25, 0.3) is 0 Å². The fraction of sp³-hybridized carbons (Fsp3) is 0.696. The summed E-state index contributed by atoms with van der Waals surface area (Å²) in [6.07, 6.45) is 9.13. The van der Waals surface area contributed by atoms with Gasteiger partial charge in [-0.3, -0.25) is 5.10 Å². The SMILES string of the molecule is Cc1cc(Nc2nc(N(C)C3CCC4(CCCNC4C(C)(C)C)CC3)ncc2Cl)n[nH]1. The molecule has 1 unspecified atom stereocenters. The number of rotatable bonds is 4. The maximum Gasteiger partial charge on any atom is 0.227 e. The first-order chi connectivity index (χ1) is 14.7. The molecule has 0 aromatic carbocycles. The van der Waals surface area contributed by atoms with Crippen LogP contribution >= 0.6 is 11.6 Å². The van der Waals surface area contributed by atoms with E-state index in [4.69, 9.17) is 16.6 Å². The van der Waals surface area contributed by atoms with Crippen molar-refractivity contribution in [2.45, 2.75) is 78.3 Å². The smallest absolute Gasteiger partial charge is 0.227 e. The fourth-order valence-corrected chi connectivity index (χ4v) is 5.90. The van der Waals surface area contributed by atoms with Crippen molar-refractivity contribution in [2.75, 3.05) is 23.8 Å². The number of aryl methyl sites for hydroxylation is 1. The second kappa shape index (κ2) is 8.58. The number of hydrogen-bond acceptors (Lipinski definition) is 6. The summed E-state index contributed by atoms with van der Waals surface area (Å²) >= 11 is 6.35. The Bertz CT molecular complexity index is 896. The third-order valence-electron chi connectivity index (χ3n) is 7.18. The second-order valence-electron chi connectivity index (χ2n) is 10.5. The van der Waals surface area contributed by atoms with Crippen molar-refractivity contribution in [2.24, 2.45) is 10.8 Å². The highest BCUT2D eigenvalue weighted by Gasteiger charge is 2.48. The molecule has 170 valence electrons. The Hall–Kier alpha value is -1.86. The van der Waals surface area contributed by atoms with Crippen molar-refractivity contribution in [3.8, 4) is 0 Å². The molecule has 2 aromatic rings. The first kappa shape index (κ1) is 22.3. The molecule has 1 aliphatic heterocycles. The molecule has 2 aromatic heterocycles. The Morgan fingerprint density at radius 3 is 2.61 bits per heavy atom. The van der Waals surface area contributed by atoms with Gasteiger partial charge in [0.05, 0.1) is 6.20 Å². The molecular formula is C23H36ClN7. The number of hydrogen-bond donors (Lipinski definition) is 3. The quantitative estimate of drug-likeness (QED) is 0.609. The second-order valence-corrected chi connectivity index (χ2v) is 10.9. The fourth-order valence-electron chi connectivity index (χ4n) is 5.76. The lowest BCUT2D eigenvalue weighted by Crippen LogP contribution is -2.58. The minimum absolute atomic E-state index is 0.281. The Labute approximate surface area is 190 Å². The maximum atomic E-state index is 6.35. The van der Waals surface area contributed by atoms with Gasteiger partial charge in [0.15, 0.2) is 11.6 Å². The van der Waals surface area contributed by atoms with Crippen LogP contribution in [0.2, 0.25) is 5.02 Å². The van der Waals surface area contributed by atoms with Crippen molar-refractivity contribution in [3.63, 3.8) is 0 Å². The molecule has 8 heteroatoms. The summed E-state index contributed by atoms with van der Waals surface area (Å²) < 4.78 is 0. The summed E-state index contributed by atoms with van der Waals surface area (Å²) in [5, 5.41) is 14.7. The average Bonchev–Trinajstić information content (AvgIpc) is 3.14. The molecule has 7 nitrogen and oxygen atoms in total. The van der Waals surface area contributed by atoms with Gasteiger partial charge < -0.3 is 15.5 Å². The predicted octanol–water partition coefficient (Wildman–Crippen LogP) is 5.07. The average molecular weight is 446 g/mol. The molecule has 2 aliphatic rings. The third-order valence-corrected chi connectivity index (χ3v) is 7.45. The molecule has 2 fully saturated rings. The van der Waals surface area contributed by atoms with Gasteiger partial charge in [-0.1, -0.05) is 32.4 Å². The van der Waals surface area contributed by atoms with E-state index in [1.807, 2.05) is 13.0 Å². The van der Waals surface area contributed by atoms with Crippen LogP contribution in [0.25, 0.3) is 0 Å². The van der Waals surface area contributed by atoms with Crippen LogP contribution in [0.4, 0.5) is 17.6 Å². The molecule has 31 heavy (non-hydrogen) atoms. The van der Waals surface area contributed by atoms with Crippen LogP contribution in [0, 0.1) is 17.8 Å². The minimum atomic E-state index is 0.281. The predicted molar refractivity (Wildman–Crippen MR) is 127 cm³/mol. The van der Waals surface area contributed by atoms with E-state index in [0.29, 0.717) is 40.1 Å². The van der Waals surface area contributed by atoms with Crippen molar-refractivity contribution >= 4 is 29.2 Å². The number of nitrogens with one attached hydrogen (secondary N) is 3. The first-order valence-electron chi connectivity index (χ1n) is 11.5. The maximum absolute atomic E-state index is 6.35. The van der Waals surface area contributed by atoms with Crippen LogP contribution < -0.4 is 15.5 Å². The number of aromatic amines is 1. The summed E-state index contributed by atoms with van der Waals surface area (Å²) in [6.45, 7) is 10.3. The van der Waals surface area contributed by atoms with Crippen molar-refractivity contribution in [1.29, 1.82) is 0 Å². The Morgan fingerprint density at radius 1 is 1.23 bits per heavy atom. The lowest BCUT2D eigenvalue weighted by molar-refractivity contribution is 0.0170. The van der Waals surface area contributed by atoms with Crippen molar-refractivity contribution < 1.29 is 0 Å². The number of aromatic nitrogens is 4. The van der Waals surface area contributed by atoms with Crippen molar-refractivity contribution in [1.82, 2.24) is 25.5 Å². The number of anilines is 3. The normalized spacial score (nSPS) is 26.8. The first-order valence-corrected chi connectivity index (χ1v) is 11.8. The summed E-state index contributed by atoms with van der Waals surface area (Å²) in [7, 11) is 2.11. The molecule has 1 atom stereocenters. The topological polar surface area (TPSA) is 81.8 Å². The zero-order chi connectivity index (χ0) is 22.2. The van der Waals surface area contributed by atoms with Crippen LogP contribution in [-0.2, 0) is 0 Å². The number of nitrogens with zero attached hydrogens (tertiary/aromatic N) is 4. The van der Waals surface area contributed by atoms with E-state index >= 15 is 0 Å². The van der Waals surface area contributed by atoms with Crippen LogP contribution in [0.1, 0.15) is 65.0 Å². The standard InChI is InChI=1S/C23H36ClN7/c1-15-13-18(30-29-15)27-19-17(24)14-26-21(28-19)31(5)16-7-10-23(11-8-16)9-6-12-25-20(23)22(2,3)4/h13-14,16,20,25H,6-12H2,1-5H3,(H2,26,27,28,29,30). The molecular weight excluding hydrogens is 410 g/mol. The summed E-state index contributed by atoms with van der Waals surface area (Å²) in [5.41, 5.74) is 1.68. The molecule has 4 rings (SSSR count). The zero-order valence-electron chi connectivity index (χ0n) is 19.4. The van der Waals surface area contributed by atoms with Crippen molar-refractivity contribution in [3.05, 3.63) is 23.0 Å². The Balaban J connectivity index is 1.46. The molecule has 0 bridgehead atoms. The van der Waals surface area contributed by atoms with Gasteiger partial charge in [-0.15, -0.1) is 0 Å².